The summed E-state index contributed by atoms with van der Waals surface area (Å²) in [6.45, 7) is 3.05. The summed E-state index contributed by atoms with van der Waals surface area (Å²) >= 11 is 6.11. The number of hydrogen-bond acceptors (Lipinski definition) is 5. The normalized spacial score (nSPS) is 14.9. The first-order valence-electron chi connectivity index (χ1n) is 11.6. The van der Waals surface area contributed by atoms with E-state index in [1.807, 2.05) is 54.6 Å². The van der Waals surface area contributed by atoms with Gasteiger partial charge in [-0.2, -0.15) is 5.10 Å². The monoisotopic (exact) mass is 491 g/mol. The Morgan fingerprint density at radius 3 is 2.69 bits per heavy atom. The second-order valence-corrected chi connectivity index (χ2v) is 8.83. The molecule has 0 aliphatic carbocycles. The number of H-pyrrole nitrogens is 1. The maximum Gasteiger partial charge on any atom is 0.273 e. The predicted octanol–water partition coefficient (Wildman–Crippen LogP) is 6.26. The Balaban J connectivity index is 1.60. The molecule has 0 spiro atoms. The summed E-state index contributed by atoms with van der Waals surface area (Å²) in [6.07, 6.45) is 3.61. The number of fused-ring (bicyclic) bond motifs is 1. The fraction of sp³-hybridized carbons (Fsp3) is 0.259. The molecule has 1 amide bonds. The molecule has 180 valence electrons. The van der Waals surface area contributed by atoms with Gasteiger partial charge in [-0.3, -0.25) is 9.89 Å². The number of ether oxygens (including phenoxy) is 2. The summed E-state index contributed by atoms with van der Waals surface area (Å²) in [7, 11) is 1.62. The van der Waals surface area contributed by atoms with Gasteiger partial charge in [0, 0.05) is 16.1 Å². The van der Waals surface area contributed by atoms with E-state index in [0.29, 0.717) is 46.8 Å². The van der Waals surface area contributed by atoms with Crippen molar-refractivity contribution in [1.29, 1.82) is 0 Å². The standard InChI is InChI=1S/C27H26ClN3O4/c1-3-4-13-35-21-12-9-18(15-22(21)33-2)26-23-24(17-7-10-19(28)11-8-17)29-30-25(23)27(32)31(26)16-20-6-5-14-34-20/h5-12,14-15,26H,3-4,13,16H2,1-2H3,(H,29,30). The Labute approximate surface area is 208 Å². The number of nitrogens with zero attached hydrogens (tertiary/aromatic N) is 2. The van der Waals surface area contributed by atoms with E-state index in [1.54, 1.807) is 18.3 Å². The predicted molar refractivity (Wildman–Crippen MR) is 133 cm³/mol. The van der Waals surface area contributed by atoms with E-state index in [0.717, 1.165) is 29.5 Å². The van der Waals surface area contributed by atoms with Crippen LogP contribution in [0.5, 0.6) is 11.5 Å². The summed E-state index contributed by atoms with van der Waals surface area (Å²) in [5, 5.41) is 8.12. The lowest BCUT2D eigenvalue weighted by atomic mass is 9.95. The van der Waals surface area contributed by atoms with Crippen LogP contribution in [0.3, 0.4) is 0 Å². The zero-order valence-electron chi connectivity index (χ0n) is 19.6. The Morgan fingerprint density at radius 2 is 1.97 bits per heavy atom. The fourth-order valence-electron chi connectivity index (χ4n) is 4.40. The number of halogens is 1. The number of hydrogen-bond donors (Lipinski definition) is 1. The van der Waals surface area contributed by atoms with Crippen molar-refractivity contribution in [3.63, 3.8) is 0 Å². The number of unbranched alkanes of at least 4 members (excludes halogenated alkanes) is 1. The molecule has 1 atom stereocenters. The van der Waals surface area contributed by atoms with Crippen LogP contribution in [-0.4, -0.2) is 34.7 Å². The maximum absolute atomic E-state index is 13.5. The van der Waals surface area contributed by atoms with Crippen LogP contribution in [-0.2, 0) is 6.54 Å². The minimum Gasteiger partial charge on any atom is -0.493 e. The number of nitrogens with one attached hydrogen (secondary N) is 1. The largest absolute Gasteiger partial charge is 0.493 e. The van der Waals surface area contributed by atoms with Crippen molar-refractivity contribution in [2.24, 2.45) is 0 Å². The highest BCUT2D eigenvalue weighted by Crippen LogP contribution is 2.45. The van der Waals surface area contributed by atoms with Crippen LogP contribution in [0, 0.1) is 0 Å². The smallest absolute Gasteiger partial charge is 0.273 e. The van der Waals surface area contributed by atoms with Crippen molar-refractivity contribution in [2.45, 2.75) is 32.4 Å². The van der Waals surface area contributed by atoms with Gasteiger partial charge >= 0.3 is 0 Å². The third kappa shape index (κ3) is 4.39. The number of aromatic nitrogens is 2. The lowest BCUT2D eigenvalue weighted by Gasteiger charge is -2.26. The molecule has 3 heterocycles. The van der Waals surface area contributed by atoms with E-state index in [1.165, 1.54) is 0 Å². The molecular weight excluding hydrogens is 466 g/mol. The van der Waals surface area contributed by atoms with Crippen molar-refractivity contribution in [2.75, 3.05) is 13.7 Å². The molecule has 1 unspecified atom stereocenters. The first-order chi connectivity index (χ1) is 17.1. The Morgan fingerprint density at radius 1 is 1.14 bits per heavy atom. The molecule has 2 aromatic heterocycles. The molecule has 1 N–H and O–H groups in total. The summed E-state index contributed by atoms with van der Waals surface area (Å²) < 4.78 is 17.2. The van der Waals surface area contributed by atoms with Gasteiger partial charge in [-0.1, -0.05) is 43.1 Å². The number of rotatable bonds is 9. The molecule has 1 aliphatic rings. The van der Waals surface area contributed by atoms with Gasteiger partial charge in [0.05, 0.1) is 38.3 Å². The van der Waals surface area contributed by atoms with Gasteiger partial charge in [0.2, 0.25) is 0 Å². The highest BCUT2D eigenvalue weighted by molar-refractivity contribution is 6.30. The maximum atomic E-state index is 13.5. The summed E-state index contributed by atoms with van der Waals surface area (Å²) in [4.78, 5) is 15.3. The molecule has 0 fully saturated rings. The van der Waals surface area contributed by atoms with Crippen molar-refractivity contribution < 1.29 is 18.7 Å². The molecule has 0 saturated heterocycles. The highest BCUT2D eigenvalue weighted by atomic mass is 35.5. The summed E-state index contributed by atoms with van der Waals surface area (Å²) in [5.41, 5.74) is 3.74. The number of carbonyl (C=O) groups is 1. The molecule has 1 aliphatic heterocycles. The molecule has 0 radical (unpaired) electrons. The van der Waals surface area contributed by atoms with Crippen molar-refractivity contribution in [1.82, 2.24) is 15.1 Å². The van der Waals surface area contributed by atoms with Gasteiger partial charge in [-0.05, 0) is 48.4 Å². The molecule has 35 heavy (non-hydrogen) atoms. The van der Waals surface area contributed by atoms with Gasteiger partial charge in [0.25, 0.3) is 5.91 Å². The van der Waals surface area contributed by atoms with Crippen LogP contribution < -0.4 is 9.47 Å². The van der Waals surface area contributed by atoms with Crippen LogP contribution >= 0.6 is 11.6 Å². The van der Waals surface area contributed by atoms with Gasteiger partial charge in [-0.15, -0.1) is 0 Å². The van der Waals surface area contributed by atoms with Crippen LogP contribution in [0.25, 0.3) is 11.3 Å². The van der Waals surface area contributed by atoms with E-state index in [4.69, 9.17) is 25.5 Å². The van der Waals surface area contributed by atoms with Gasteiger partial charge in [-0.25, -0.2) is 0 Å². The Bertz CT molecular complexity index is 1310. The van der Waals surface area contributed by atoms with E-state index in [2.05, 4.69) is 17.1 Å². The highest BCUT2D eigenvalue weighted by Gasteiger charge is 2.42. The van der Waals surface area contributed by atoms with E-state index < -0.39 is 6.04 Å². The first kappa shape index (κ1) is 23.1. The zero-order chi connectivity index (χ0) is 24.4. The topological polar surface area (TPSA) is 80.6 Å². The molecule has 7 nitrogen and oxygen atoms in total. The van der Waals surface area contributed by atoms with Crippen LogP contribution in [0.1, 0.15) is 53.2 Å². The second kappa shape index (κ2) is 9.88. The number of amides is 1. The Hall–Kier alpha value is -3.71. The van der Waals surface area contributed by atoms with Crippen LogP contribution in [0.15, 0.2) is 65.3 Å². The average Bonchev–Trinajstić information content (AvgIpc) is 3.60. The van der Waals surface area contributed by atoms with Crippen molar-refractivity contribution >= 4 is 17.5 Å². The molecule has 8 heteroatoms. The molecule has 0 bridgehead atoms. The van der Waals surface area contributed by atoms with Crippen LogP contribution in [0.2, 0.25) is 5.02 Å². The molecular formula is C27H26ClN3O4. The van der Waals surface area contributed by atoms with E-state index in [9.17, 15) is 4.79 Å². The van der Waals surface area contributed by atoms with Gasteiger partial charge in [0.15, 0.2) is 11.5 Å². The third-order valence-corrected chi connectivity index (χ3v) is 6.40. The number of benzene rings is 2. The minimum absolute atomic E-state index is 0.142. The lowest BCUT2D eigenvalue weighted by Crippen LogP contribution is -2.29. The number of carbonyl (C=O) groups excluding carboxylic acids is 1. The van der Waals surface area contributed by atoms with Crippen LogP contribution in [0.4, 0.5) is 0 Å². The summed E-state index contributed by atoms with van der Waals surface area (Å²) in [5.74, 6) is 1.85. The molecule has 2 aromatic carbocycles. The van der Waals surface area contributed by atoms with Gasteiger partial charge in [0.1, 0.15) is 11.5 Å². The number of aromatic amines is 1. The molecule has 0 saturated carbocycles. The minimum atomic E-state index is -0.398. The van der Waals surface area contributed by atoms with E-state index in [-0.39, 0.29) is 5.91 Å². The average molecular weight is 492 g/mol. The zero-order valence-corrected chi connectivity index (χ0v) is 20.3. The number of furan rings is 1. The molecule has 4 aromatic rings. The number of methoxy groups -OCH3 is 1. The SMILES string of the molecule is CCCCOc1ccc(C2c3c(-c4ccc(Cl)cc4)n[nH]c3C(=O)N2Cc2ccco2)cc1OC. The Kier molecular flexibility index (Phi) is 6.51. The fourth-order valence-corrected chi connectivity index (χ4v) is 4.53. The van der Waals surface area contributed by atoms with Crippen molar-refractivity contribution in [3.05, 3.63) is 88.5 Å². The van der Waals surface area contributed by atoms with E-state index >= 15 is 0 Å². The quantitative estimate of drug-likeness (QED) is 0.280. The second-order valence-electron chi connectivity index (χ2n) is 8.40. The molecule has 5 rings (SSSR count). The van der Waals surface area contributed by atoms with Gasteiger partial charge < -0.3 is 18.8 Å². The van der Waals surface area contributed by atoms with Crippen molar-refractivity contribution in [3.8, 4) is 22.8 Å². The summed E-state index contributed by atoms with van der Waals surface area (Å²) in [6, 6.07) is 16.5. The lowest BCUT2D eigenvalue weighted by molar-refractivity contribution is 0.0716. The first-order valence-corrected chi connectivity index (χ1v) is 12.0. The third-order valence-electron chi connectivity index (χ3n) is 6.15.